The third-order valence-electron chi connectivity index (χ3n) is 4.22. The third kappa shape index (κ3) is 4.59. The maximum atomic E-state index is 12.0. The number of morpholine rings is 1. The first-order valence-electron chi connectivity index (χ1n) is 8.30. The number of urea groups is 1. The van der Waals surface area contributed by atoms with Crippen molar-refractivity contribution in [2.75, 3.05) is 39.4 Å². The molecule has 6 nitrogen and oxygen atoms in total. The van der Waals surface area contributed by atoms with Gasteiger partial charge in [0.2, 0.25) is 0 Å². The van der Waals surface area contributed by atoms with E-state index in [9.17, 15) is 4.79 Å². The van der Waals surface area contributed by atoms with Crippen molar-refractivity contribution >= 4 is 6.03 Å². The Morgan fingerprint density at radius 2 is 2.13 bits per heavy atom. The van der Waals surface area contributed by atoms with Crippen LogP contribution in [0.25, 0.3) is 0 Å². The lowest BCUT2D eigenvalue weighted by Crippen LogP contribution is -2.49. The molecule has 0 saturated carbocycles. The number of benzene rings is 1. The molecule has 2 N–H and O–H groups in total. The zero-order chi connectivity index (χ0) is 16.1. The number of rotatable bonds is 5. The quantitative estimate of drug-likeness (QED) is 0.850. The van der Waals surface area contributed by atoms with E-state index in [1.807, 2.05) is 25.1 Å². The van der Waals surface area contributed by atoms with Gasteiger partial charge in [0.05, 0.1) is 19.8 Å². The van der Waals surface area contributed by atoms with Crippen molar-refractivity contribution in [3.63, 3.8) is 0 Å². The van der Waals surface area contributed by atoms with Crippen LogP contribution in [0, 0.1) is 0 Å². The first kappa shape index (κ1) is 16.1. The predicted octanol–water partition coefficient (Wildman–Crippen LogP) is 1.01. The van der Waals surface area contributed by atoms with Crippen LogP contribution in [-0.4, -0.2) is 62.5 Å². The standard InChI is InChI=1S/C17H25N3O3/c1-13(12-20-6-8-22-9-7-20)19-17(21)18-11-15-10-14-4-2-3-5-16(14)23-15/h2-5,13,15H,6-12H2,1H3,(H2,18,19,21)/t13-,15-/m0/s1. The summed E-state index contributed by atoms with van der Waals surface area (Å²) >= 11 is 0. The van der Waals surface area contributed by atoms with Gasteiger partial charge in [0.15, 0.2) is 0 Å². The molecular formula is C17H25N3O3. The van der Waals surface area contributed by atoms with Gasteiger partial charge < -0.3 is 20.1 Å². The van der Waals surface area contributed by atoms with Gasteiger partial charge in [-0.1, -0.05) is 18.2 Å². The number of amides is 2. The average Bonchev–Trinajstić information content (AvgIpc) is 2.96. The summed E-state index contributed by atoms with van der Waals surface area (Å²) in [6.45, 7) is 6.81. The second kappa shape index (κ2) is 7.66. The number of carbonyl (C=O) groups excluding carboxylic acids is 1. The Kier molecular flexibility index (Phi) is 5.35. The Morgan fingerprint density at radius 1 is 1.35 bits per heavy atom. The highest BCUT2D eigenvalue weighted by atomic mass is 16.5. The highest BCUT2D eigenvalue weighted by Gasteiger charge is 2.23. The van der Waals surface area contributed by atoms with Crippen LogP contribution in [0.1, 0.15) is 12.5 Å². The molecular weight excluding hydrogens is 294 g/mol. The first-order valence-corrected chi connectivity index (χ1v) is 8.30. The molecule has 23 heavy (non-hydrogen) atoms. The molecule has 2 amide bonds. The van der Waals surface area contributed by atoms with Crippen molar-refractivity contribution < 1.29 is 14.3 Å². The number of nitrogens with one attached hydrogen (secondary N) is 2. The zero-order valence-corrected chi connectivity index (χ0v) is 13.6. The Hall–Kier alpha value is -1.79. The second-order valence-electron chi connectivity index (χ2n) is 6.22. The van der Waals surface area contributed by atoms with Crippen molar-refractivity contribution in [2.45, 2.75) is 25.5 Å². The van der Waals surface area contributed by atoms with Gasteiger partial charge in [-0.3, -0.25) is 4.90 Å². The summed E-state index contributed by atoms with van der Waals surface area (Å²) in [6.07, 6.45) is 0.868. The molecule has 1 fully saturated rings. The summed E-state index contributed by atoms with van der Waals surface area (Å²) in [4.78, 5) is 14.3. The monoisotopic (exact) mass is 319 g/mol. The van der Waals surface area contributed by atoms with E-state index in [0.717, 1.165) is 45.0 Å². The third-order valence-corrected chi connectivity index (χ3v) is 4.22. The number of ether oxygens (including phenoxy) is 2. The van der Waals surface area contributed by atoms with Gasteiger partial charge in [-0.05, 0) is 18.6 Å². The summed E-state index contributed by atoms with van der Waals surface area (Å²) in [6, 6.07) is 7.99. The molecule has 0 aromatic heterocycles. The predicted molar refractivity (Wildman–Crippen MR) is 87.8 cm³/mol. The van der Waals surface area contributed by atoms with Crippen molar-refractivity contribution in [3.8, 4) is 5.75 Å². The summed E-state index contributed by atoms with van der Waals surface area (Å²) in [7, 11) is 0. The number of para-hydroxylation sites is 1. The molecule has 3 rings (SSSR count). The molecule has 2 aliphatic heterocycles. The average molecular weight is 319 g/mol. The van der Waals surface area contributed by atoms with E-state index in [2.05, 4.69) is 21.6 Å². The SMILES string of the molecule is C[C@@H](CN1CCOCC1)NC(=O)NC[C@@H]1Cc2ccccc2O1. The second-order valence-corrected chi connectivity index (χ2v) is 6.22. The van der Waals surface area contributed by atoms with E-state index >= 15 is 0 Å². The minimum absolute atomic E-state index is 0.0210. The van der Waals surface area contributed by atoms with E-state index in [-0.39, 0.29) is 18.2 Å². The van der Waals surface area contributed by atoms with Crippen LogP contribution in [0.15, 0.2) is 24.3 Å². The van der Waals surface area contributed by atoms with Crippen molar-refractivity contribution in [1.82, 2.24) is 15.5 Å². The van der Waals surface area contributed by atoms with Crippen molar-refractivity contribution in [2.24, 2.45) is 0 Å². The number of fused-ring (bicyclic) bond motifs is 1. The fourth-order valence-corrected chi connectivity index (χ4v) is 3.07. The smallest absolute Gasteiger partial charge is 0.315 e. The van der Waals surface area contributed by atoms with Gasteiger partial charge in [-0.15, -0.1) is 0 Å². The minimum atomic E-state index is -0.134. The van der Waals surface area contributed by atoms with E-state index in [1.165, 1.54) is 5.56 Å². The Bertz CT molecular complexity index is 507. The fraction of sp³-hybridized carbons (Fsp3) is 0.588. The van der Waals surface area contributed by atoms with Gasteiger partial charge in [-0.25, -0.2) is 4.79 Å². The zero-order valence-electron chi connectivity index (χ0n) is 13.6. The van der Waals surface area contributed by atoms with Gasteiger partial charge >= 0.3 is 6.03 Å². The van der Waals surface area contributed by atoms with E-state index in [1.54, 1.807) is 0 Å². The van der Waals surface area contributed by atoms with Crippen LogP contribution in [0.4, 0.5) is 4.79 Å². The molecule has 0 bridgehead atoms. The van der Waals surface area contributed by atoms with Crippen LogP contribution in [-0.2, 0) is 11.2 Å². The molecule has 0 radical (unpaired) electrons. The normalized spacial score (nSPS) is 22.0. The number of hydrogen-bond donors (Lipinski definition) is 2. The maximum Gasteiger partial charge on any atom is 0.315 e. The van der Waals surface area contributed by atoms with Crippen molar-refractivity contribution in [3.05, 3.63) is 29.8 Å². The molecule has 2 atom stereocenters. The highest BCUT2D eigenvalue weighted by Crippen LogP contribution is 2.27. The van der Waals surface area contributed by atoms with E-state index in [4.69, 9.17) is 9.47 Å². The van der Waals surface area contributed by atoms with Gasteiger partial charge in [0.1, 0.15) is 11.9 Å². The van der Waals surface area contributed by atoms with Crippen LogP contribution in [0.2, 0.25) is 0 Å². The number of carbonyl (C=O) groups is 1. The van der Waals surface area contributed by atoms with E-state index in [0.29, 0.717) is 6.54 Å². The molecule has 0 unspecified atom stereocenters. The summed E-state index contributed by atoms with van der Waals surface area (Å²) < 4.78 is 11.1. The Morgan fingerprint density at radius 3 is 2.91 bits per heavy atom. The number of hydrogen-bond acceptors (Lipinski definition) is 4. The van der Waals surface area contributed by atoms with Gasteiger partial charge in [0, 0.05) is 32.1 Å². The molecule has 1 aromatic rings. The fourth-order valence-electron chi connectivity index (χ4n) is 3.07. The van der Waals surface area contributed by atoms with E-state index < -0.39 is 0 Å². The molecule has 6 heteroatoms. The van der Waals surface area contributed by atoms with Crippen LogP contribution < -0.4 is 15.4 Å². The topological polar surface area (TPSA) is 62.8 Å². The van der Waals surface area contributed by atoms with Crippen LogP contribution in [0.5, 0.6) is 5.75 Å². The highest BCUT2D eigenvalue weighted by molar-refractivity contribution is 5.74. The maximum absolute atomic E-state index is 12.0. The van der Waals surface area contributed by atoms with Crippen LogP contribution in [0.3, 0.4) is 0 Å². The minimum Gasteiger partial charge on any atom is -0.488 e. The largest absolute Gasteiger partial charge is 0.488 e. The Balaban J connectivity index is 1.35. The number of nitrogens with zero attached hydrogens (tertiary/aromatic N) is 1. The molecule has 126 valence electrons. The molecule has 1 aromatic carbocycles. The lowest BCUT2D eigenvalue weighted by atomic mass is 10.1. The molecule has 1 saturated heterocycles. The molecule has 0 aliphatic carbocycles. The first-order chi connectivity index (χ1) is 11.2. The summed E-state index contributed by atoms with van der Waals surface area (Å²) in [5.41, 5.74) is 1.21. The molecule has 2 aliphatic rings. The lowest BCUT2D eigenvalue weighted by molar-refractivity contribution is 0.0349. The Labute approximate surface area is 137 Å². The summed E-state index contributed by atoms with van der Waals surface area (Å²) in [5.74, 6) is 0.931. The molecule has 2 heterocycles. The molecule has 0 spiro atoms. The van der Waals surface area contributed by atoms with Crippen LogP contribution >= 0.6 is 0 Å². The van der Waals surface area contributed by atoms with Crippen molar-refractivity contribution in [1.29, 1.82) is 0 Å². The summed E-state index contributed by atoms with van der Waals surface area (Å²) in [5, 5.41) is 5.89. The van der Waals surface area contributed by atoms with Gasteiger partial charge in [-0.2, -0.15) is 0 Å². The lowest BCUT2D eigenvalue weighted by Gasteiger charge is -2.29. The van der Waals surface area contributed by atoms with Gasteiger partial charge in [0.25, 0.3) is 0 Å².